The van der Waals surface area contributed by atoms with Crippen molar-refractivity contribution in [2.45, 2.75) is 6.04 Å². The number of nitrogens with one attached hydrogen (secondary N) is 1. The molecule has 96 valence electrons. The van der Waals surface area contributed by atoms with E-state index in [0.29, 0.717) is 6.54 Å². The van der Waals surface area contributed by atoms with E-state index in [1.165, 1.54) is 18.2 Å². The Morgan fingerprint density at radius 1 is 1.29 bits per heavy atom. The summed E-state index contributed by atoms with van der Waals surface area (Å²) in [5.41, 5.74) is 5.57. The second-order valence-corrected chi connectivity index (χ2v) is 4.18. The monoisotopic (exact) mass is 243 g/mol. The van der Waals surface area contributed by atoms with Gasteiger partial charge in [0.1, 0.15) is 11.6 Å². The molecule has 1 rings (SSSR count). The van der Waals surface area contributed by atoms with Crippen molar-refractivity contribution < 1.29 is 8.78 Å². The van der Waals surface area contributed by atoms with Crippen LogP contribution in [0.15, 0.2) is 18.2 Å². The Hall–Kier alpha value is -1.04. The summed E-state index contributed by atoms with van der Waals surface area (Å²) in [6, 6.07) is 3.35. The lowest BCUT2D eigenvalue weighted by Crippen LogP contribution is -2.34. The lowest BCUT2D eigenvalue weighted by molar-refractivity contribution is 0.379. The minimum absolute atomic E-state index is 0.0220. The van der Waals surface area contributed by atoms with Crippen LogP contribution in [0.4, 0.5) is 8.78 Å². The number of likely N-dealkylation sites (N-methyl/N-ethyl adjacent to an activating group) is 1. The van der Waals surface area contributed by atoms with Crippen molar-refractivity contribution in [3.63, 3.8) is 0 Å². The molecule has 0 aromatic heterocycles. The first-order valence-corrected chi connectivity index (χ1v) is 5.58. The molecule has 0 bridgehead atoms. The predicted octanol–water partition coefficient (Wildman–Crippen LogP) is 1.12. The van der Waals surface area contributed by atoms with Gasteiger partial charge in [0.15, 0.2) is 0 Å². The molecule has 0 aliphatic carbocycles. The minimum atomic E-state index is -0.558. The van der Waals surface area contributed by atoms with Crippen molar-refractivity contribution in [2.24, 2.45) is 5.73 Å². The van der Waals surface area contributed by atoms with Gasteiger partial charge in [0, 0.05) is 25.2 Å². The fourth-order valence-electron chi connectivity index (χ4n) is 1.61. The summed E-state index contributed by atoms with van der Waals surface area (Å²) in [6.07, 6.45) is 0. The molecule has 1 aromatic rings. The average molecular weight is 243 g/mol. The molecule has 5 heteroatoms. The Labute approximate surface area is 101 Å². The van der Waals surface area contributed by atoms with Gasteiger partial charge in [-0.15, -0.1) is 0 Å². The molecule has 1 unspecified atom stereocenters. The molecular formula is C12H19F2N3. The molecule has 3 N–H and O–H groups in total. The topological polar surface area (TPSA) is 41.3 Å². The number of hydrogen-bond donors (Lipinski definition) is 2. The molecular weight excluding hydrogens is 224 g/mol. The zero-order valence-corrected chi connectivity index (χ0v) is 10.2. The number of hydrogen-bond acceptors (Lipinski definition) is 3. The van der Waals surface area contributed by atoms with Gasteiger partial charge in [-0.1, -0.05) is 6.07 Å². The van der Waals surface area contributed by atoms with Crippen molar-refractivity contribution in [3.8, 4) is 0 Å². The maximum Gasteiger partial charge on any atom is 0.130 e. The molecule has 0 aliphatic rings. The van der Waals surface area contributed by atoms with Crippen LogP contribution in [0, 0.1) is 11.6 Å². The quantitative estimate of drug-likeness (QED) is 0.786. The first-order chi connectivity index (χ1) is 8.06. The summed E-state index contributed by atoms with van der Waals surface area (Å²) in [5, 5.41) is 3.05. The number of benzene rings is 1. The van der Waals surface area contributed by atoms with Crippen molar-refractivity contribution in [1.29, 1.82) is 0 Å². The Kier molecular flexibility index (Phi) is 5.47. The largest absolute Gasteiger partial charge is 0.329 e. The fraction of sp³-hybridized carbons (Fsp3) is 0.500. The van der Waals surface area contributed by atoms with Crippen LogP contribution < -0.4 is 11.1 Å². The van der Waals surface area contributed by atoms with Crippen LogP contribution in [-0.2, 0) is 0 Å². The van der Waals surface area contributed by atoms with Crippen LogP contribution in [-0.4, -0.2) is 38.6 Å². The van der Waals surface area contributed by atoms with E-state index in [0.717, 1.165) is 6.54 Å². The molecule has 0 amide bonds. The summed E-state index contributed by atoms with van der Waals surface area (Å²) in [6.45, 7) is 1.57. The third-order valence-corrected chi connectivity index (χ3v) is 2.53. The van der Waals surface area contributed by atoms with Crippen molar-refractivity contribution in [3.05, 3.63) is 35.4 Å². The standard InChI is InChI=1S/C12H19F2N3/c1-17(2)7-6-16-11(8-15)12-9(13)4-3-5-10(12)14/h3-5,11,16H,6-8,15H2,1-2H3. The molecule has 0 saturated carbocycles. The van der Waals surface area contributed by atoms with Gasteiger partial charge in [0.2, 0.25) is 0 Å². The molecule has 0 spiro atoms. The van der Waals surface area contributed by atoms with E-state index in [2.05, 4.69) is 5.32 Å². The molecule has 0 saturated heterocycles. The van der Waals surface area contributed by atoms with Gasteiger partial charge >= 0.3 is 0 Å². The Morgan fingerprint density at radius 3 is 2.35 bits per heavy atom. The SMILES string of the molecule is CN(C)CCNC(CN)c1c(F)cccc1F. The van der Waals surface area contributed by atoms with Crippen molar-refractivity contribution in [2.75, 3.05) is 33.7 Å². The summed E-state index contributed by atoms with van der Waals surface area (Å²) in [7, 11) is 3.87. The molecule has 0 aliphatic heterocycles. The second kappa shape index (κ2) is 6.64. The zero-order valence-electron chi connectivity index (χ0n) is 10.2. The highest BCUT2D eigenvalue weighted by Crippen LogP contribution is 2.19. The van der Waals surface area contributed by atoms with Crippen LogP contribution in [0.25, 0.3) is 0 Å². The van der Waals surface area contributed by atoms with Gasteiger partial charge in [-0.3, -0.25) is 0 Å². The first-order valence-electron chi connectivity index (χ1n) is 5.58. The van der Waals surface area contributed by atoms with Crippen LogP contribution >= 0.6 is 0 Å². The Bertz CT molecular complexity index is 335. The third-order valence-electron chi connectivity index (χ3n) is 2.53. The van der Waals surface area contributed by atoms with E-state index in [-0.39, 0.29) is 12.1 Å². The lowest BCUT2D eigenvalue weighted by atomic mass is 10.1. The average Bonchev–Trinajstić information content (AvgIpc) is 2.26. The molecule has 0 fully saturated rings. The smallest absolute Gasteiger partial charge is 0.130 e. The van der Waals surface area contributed by atoms with Crippen LogP contribution in [0.5, 0.6) is 0 Å². The maximum absolute atomic E-state index is 13.5. The molecule has 1 aromatic carbocycles. The molecule has 0 heterocycles. The van der Waals surface area contributed by atoms with E-state index in [9.17, 15) is 8.78 Å². The third kappa shape index (κ3) is 4.03. The maximum atomic E-state index is 13.5. The fourth-order valence-corrected chi connectivity index (χ4v) is 1.61. The van der Waals surface area contributed by atoms with Crippen molar-refractivity contribution >= 4 is 0 Å². The Balaban J connectivity index is 2.72. The minimum Gasteiger partial charge on any atom is -0.329 e. The number of rotatable bonds is 6. The van der Waals surface area contributed by atoms with Gasteiger partial charge in [0.05, 0.1) is 6.04 Å². The number of halogens is 2. The van der Waals surface area contributed by atoms with Gasteiger partial charge in [-0.2, -0.15) is 0 Å². The lowest BCUT2D eigenvalue weighted by Gasteiger charge is -2.20. The Morgan fingerprint density at radius 2 is 1.88 bits per heavy atom. The van der Waals surface area contributed by atoms with Gasteiger partial charge in [-0.05, 0) is 26.2 Å². The van der Waals surface area contributed by atoms with Gasteiger partial charge in [-0.25, -0.2) is 8.78 Å². The molecule has 0 radical (unpaired) electrons. The highest BCUT2D eigenvalue weighted by atomic mass is 19.1. The van der Waals surface area contributed by atoms with E-state index < -0.39 is 17.7 Å². The second-order valence-electron chi connectivity index (χ2n) is 4.18. The van der Waals surface area contributed by atoms with Gasteiger partial charge in [0.25, 0.3) is 0 Å². The zero-order chi connectivity index (χ0) is 12.8. The highest BCUT2D eigenvalue weighted by Gasteiger charge is 2.17. The molecule has 1 atom stereocenters. The molecule has 3 nitrogen and oxygen atoms in total. The van der Waals surface area contributed by atoms with Gasteiger partial charge < -0.3 is 16.0 Å². The van der Waals surface area contributed by atoms with E-state index in [1.54, 1.807) is 0 Å². The van der Waals surface area contributed by atoms with Crippen molar-refractivity contribution in [1.82, 2.24) is 10.2 Å². The number of nitrogens with zero attached hydrogens (tertiary/aromatic N) is 1. The number of nitrogens with two attached hydrogens (primary N) is 1. The predicted molar refractivity (Wildman–Crippen MR) is 64.7 cm³/mol. The van der Waals surface area contributed by atoms with Crippen LogP contribution in [0.2, 0.25) is 0 Å². The van der Waals surface area contributed by atoms with E-state index in [4.69, 9.17) is 5.73 Å². The highest BCUT2D eigenvalue weighted by molar-refractivity contribution is 5.23. The normalized spacial score (nSPS) is 13.1. The summed E-state index contributed by atoms with van der Waals surface area (Å²) in [5.74, 6) is -1.12. The molecule has 17 heavy (non-hydrogen) atoms. The summed E-state index contributed by atoms with van der Waals surface area (Å²) in [4.78, 5) is 1.98. The summed E-state index contributed by atoms with van der Waals surface area (Å²) >= 11 is 0. The summed E-state index contributed by atoms with van der Waals surface area (Å²) < 4.78 is 27.1. The first kappa shape index (κ1) is 14.0. The van der Waals surface area contributed by atoms with Crippen LogP contribution in [0.1, 0.15) is 11.6 Å². The van der Waals surface area contributed by atoms with E-state index >= 15 is 0 Å². The van der Waals surface area contributed by atoms with E-state index in [1.807, 2.05) is 19.0 Å². The van der Waals surface area contributed by atoms with Crippen LogP contribution in [0.3, 0.4) is 0 Å².